The number of methoxy groups -OCH3 is 1. The van der Waals surface area contributed by atoms with Gasteiger partial charge in [0, 0.05) is 10.9 Å². The van der Waals surface area contributed by atoms with Crippen molar-refractivity contribution in [3.05, 3.63) is 58.1 Å². The summed E-state index contributed by atoms with van der Waals surface area (Å²) in [6.07, 6.45) is 0. The number of aryl methyl sites for hydroxylation is 2. The van der Waals surface area contributed by atoms with Crippen LogP contribution in [0.1, 0.15) is 21.1 Å². The van der Waals surface area contributed by atoms with Gasteiger partial charge in [-0.05, 0) is 38.1 Å². The number of para-hydroxylation sites is 1. The third-order valence-corrected chi connectivity index (χ3v) is 5.99. The smallest absolute Gasteiger partial charge is 0.269 e. The zero-order valence-corrected chi connectivity index (χ0v) is 17.1. The molecule has 1 amide bonds. The van der Waals surface area contributed by atoms with Gasteiger partial charge in [-0.2, -0.15) is 0 Å². The van der Waals surface area contributed by atoms with Crippen molar-refractivity contribution in [1.82, 2.24) is 9.97 Å². The molecule has 28 heavy (non-hydrogen) atoms. The van der Waals surface area contributed by atoms with Crippen LogP contribution in [0.5, 0.6) is 5.75 Å². The van der Waals surface area contributed by atoms with E-state index in [1.165, 1.54) is 22.7 Å². The monoisotopic (exact) mass is 411 g/mol. The Hall–Kier alpha value is -2.97. The molecule has 8 heteroatoms. The number of ether oxygens (including phenoxy) is 1. The van der Waals surface area contributed by atoms with Gasteiger partial charge in [0.05, 0.1) is 18.5 Å². The van der Waals surface area contributed by atoms with Gasteiger partial charge in [-0.25, -0.2) is 9.97 Å². The van der Waals surface area contributed by atoms with Gasteiger partial charge in [0.15, 0.2) is 15.9 Å². The minimum absolute atomic E-state index is 0.231. The molecular formula is C20H17N3O3S2. The minimum Gasteiger partial charge on any atom is -0.496 e. The molecule has 0 radical (unpaired) electrons. The lowest BCUT2D eigenvalue weighted by Crippen LogP contribution is -2.11. The maximum absolute atomic E-state index is 12.7. The van der Waals surface area contributed by atoms with Crippen molar-refractivity contribution in [2.24, 2.45) is 0 Å². The van der Waals surface area contributed by atoms with Gasteiger partial charge >= 0.3 is 0 Å². The van der Waals surface area contributed by atoms with Crippen LogP contribution in [0, 0.1) is 13.8 Å². The highest BCUT2D eigenvalue weighted by atomic mass is 32.1. The van der Waals surface area contributed by atoms with E-state index in [0.717, 1.165) is 22.8 Å². The first-order chi connectivity index (χ1) is 13.5. The molecule has 4 aromatic rings. The molecule has 0 aliphatic rings. The predicted molar refractivity (Wildman–Crippen MR) is 111 cm³/mol. The molecule has 0 bridgehead atoms. The molecule has 1 aromatic carbocycles. The average Bonchev–Trinajstić information content (AvgIpc) is 3.41. The van der Waals surface area contributed by atoms with Crippen molar-refractivity contribution >= 4 is 33.7 Å². The van der Waals surface area contributed by atoms with Crippen LogP contribution in [0.3, 0.4) is 0 Å². The number of furan rings is 1. The zero-order chi connectivity index (χ0) is 19.7. The van der Waals surface area contributed by atoms with Crippen LogP contribution in [0.2, 0.25) is 0 Å². The zero-order valence-electron chi connectivity index (χ0n) is 15.5. The Labute approximate surface area is 169 Å². The topological polar surface area (TPSA) is 77.2 Å². The van der Waals surface area contributed by atoms with Crippen LogP contribution < -0.4 is 10.1 Å². The molecule has 0 spiro atoms. The molecule has 3 aromatic heterocycles. The normalized spacial score (nSPS) is 10.8. The first-order valence-corrected chi connectivity index (χ1v) is 10.2. The number of aromatic nitrogens is 2. The summed E-state index contributed by atoms with van der Waals surface area (Å²) in [4.78, 5) is 22.3. The Morgan fingerprint density at radius 2 is 1.96 bits per heavy atom. The highest BCUT2D eigenvalue weighted by molar-refractivity contribution is 7.17. The predicted octanol–water partition coefficient (Wildman–Crippen LogP) is 5.40. The van der Waals surface area contributed by atoms with Gasteiger partial charge < -0.3 is 9.15 Å². The summed E-state index contributed by atoms with van der Waals surface area (Å²) in [6, 6.07) is 11.4. The summed E-state index contributed by atoms with van der Waals surface area (Å²) in [5.41, 5.74) is 2.30. The average molecular weight is 412 g/mol. The van der Waals surface area contributed by atoms with E-state index in [2.05, 4.69) is 15.3 Å². The first-order valence-electron chi connectivity index (χ1n) is 8.49. The SMILES string of the molecule is COc1ccccc1-c1csc(NC(=O)c2sc(-c3ccc(C)o3)nc2C)n1. The number of carbonyl (C=O) groups excluding carboxylic acids is 1. The van der Waals surface area contributed by atoms with Crippen LogP contribution in [-0.2, 0) is 0 Å². The molecule has 0 fully saturated rings. The number of rotatable bonds is 5. The summed E-state index contributed by atoms with van der Waals surface area (Å²) in [5.74, 6) is 1.98. The quantitative estimate of drug-likeness (QED) is 0.475. The van der Waals surface area contributed by atoms with Gasteiger partial charge in [0.2, 0.25) is 0 Å². The lowest BCUT2D eigenvalue weighted by Gasteiger charge is -2.05. The number of amides is 1. The highest BCUT2D eigenvalue weighted by Crippen LogP contribution is 2.33. The molecule has 142 valence electrons. The van der Waals surface area contributed by atoms with Gasteiger partial charge in [0.25, 0.3) is 5.91 Å². The first kappa shape index (κ1) is 18.4. The molecule has 0 saturated carbocycles. The Morgan fingerprint density at radius 3 is 2.71 bits per heavy atom. The molecule has 0 aliphatic carbocycles. The molecule has 4 rings (SSSR count). The minimum atomic E-state index is -0.231. The number of hydrogen-bond acceptors (Lipinski definition) is 7. The summed E-state index contributed by atoms with van der Waals surface area (Å²) < 4.78 is 11.0. The van der Waals surface area contributed by atoms with Gasteiger partial charge in [0.1, 0.15) is 16.4 Å². The Kier molecular flexibility index (Phi) is 4.97. The number of anilines is 1. The second kappa shape index (κ2) is 7.57. The second-order valence-electron chi connectivity index (χ2n) is 6.04. The lowest BCUT2D eigenvalue weighted by molar-refractivity contribution is 0.103. The molecule has 0 aliphatic heterocycles. The fraction of sp³-hybridized carbons (Fsp3) is 0.150. The molecular weight excluding hydrogens is 394 g/mol. The molecule has 1 N–H and O–H groups in total. The van der Waals surface area contributed by atoms with Gasteiger partial charge in [-0.15, -0.1) is 22.7 Å². The van der Waals surface area contributed by atoms with Crippen LogP contribution in [0.15, 0.2) is 46.2 Å². The summed E-state index contributed by atoms with van der Waals surface area (Å²) in [5, 5.41) is 5.96. The third-order valence-electron chi connectivity index (χ3n) is 4.06. The van der Waals surface area contributed by atoms with Crippen molar-refractivity contribution in [3.8, 4) is 27.8 Å². The number of hydrogen-bond donors (Lipinski definition) is 1. The van der Waals surface area contributed by atoms with Gasteiger partial charge in [-0.3, -0.25) is 10.1 Å². The van der Waals surface area contributed by atoms with E-state index in [0.29, 0.717) is 26.5 Å². The number of nitrogens with one attached hydrogen (secondary N) is 1. The van der Waals surface area contributed by atoms with E-state index in [4.69, 9.17) is 9.15 Å². The Balaban J connectivity index is 1.55. The van der Waals surface area contributed by atoms with E-state index in [1.54, 1.807) is 7.11 Å². The number of thiazole rings is 2. The molecule has 6 nitrogen and oxygen atoms in total. The highest BCUT2D eigenvalue weighted by Gasteiger charge is 2.19. The number of nitrogens with zero attached hydrogens (tertiary/aromatic N) is 2. The molecule has 0 unspecified atom stereocenters. The van der Waals surface area contributed by atoms with Crippen LogP contribution in [0.25, 0.3) is 22.0 Å². The van der Waals surface area contributed by atoms with Crippen LogP contribution in [-0.4, -0.2) is 23.0 Å². The van der Waals surface area contributed by atoms with Crippen molar-refractivity contribution in [3.63, 3.8) is 0 Å². The maximum atomic E-state index is 12.7. The summed E-state index contributed by atoms with van der Waals surface area (Å²) >= 11 is 2.67. The van der Waals surface area contributed by atoms with E-state index in [9.17, 15) is 4.79 Å². The fourth-order valence-electron chi connectivity index (χ4n) is 2.73. The van der Waals surface area contributed by atoms with E-state index < -0.39 is 0 Å². The fourth-order valence-corrected chi connectivity index (χ4v) is 4.36. The largest absolute Gasteiger partial charge is 0.496 e. The molecule has 0 saturated heterocycles. The Morgan fingerprint density at radius 1 is 1.14 bits per heavy atom. The Bertz CT molecular complexity index is 1140. The van der Waals surface area contributed by atoms with E-state index >= 15 is 0 Å². The second-order valence-corrected chi connectivity index (χ2v) is 7.89. The standard InChI is InChI=1S/C20H17N3O3S2/c1-11-8-9-16(26-11)19-21-12(2)17(28-19)18(24)23-20-22-14(10-27-20)13-6-4-5-7-15(13)25-3/h4-10H,1-3H3,(H,22,23,24). The van der Waals surface area contributed by atoms with Crippen LogP contribution >= 0.6 is 22.7 Å². The van der Waals surface area contributed by atoms with Crippen molar-refractivity contribution in [1.29, 1.82) is 0 Å². The van der Waals surface area contributed by atoms with Crippen molar-refractivity contribution < 1.29 is 13.9 Å². The number of benzene rings is 1. The third kappa shape index (κ3) is 3.56. The summed E-state index contributed by atoms with van der Waals surface area (Å²) in [7, 11) is 1.62. The molecule has 3 heterocycles. The molecule has 0 atom stereocenters. The lowest BCUT2D eigenvalue weighted by atomic mass is 10.1. The van der Waals surface area contributed by atoms with Crippen molar-refractivity contribution in [2.75, 3.05) is 12.4 Å². The maximum Gasteiger partial charge on any atom is 0.269 e. The van der Waals surface area contributed by atoms with E-state index in [-0.39, 0.29) is 5.91 Å². The van der Waals surface area contributed by atoms with Gasteiger partial charge in [-0.1, -0.05) is 12.1 Å². The number of carbonyl (C=O) groups is 1. The van der Waals surface area contributed by atoms with Crippen molar-refractivity contribution in [2.45, 2.75) is 13.8 Å². The van der Waals surface area contributed by atoms with E-state index in [1.807, 2.05) is 55.6 Å². The summed E-state index contributed by atoms with van der Waals surface area (Å²) in [6.45, 7) is 3.69. The van der Waals surface area contributed by atoms with Crippen LogP contribution in [0.4, 0.5) is 5.13 Å².